The molecule has 1 saturated heterocycles. The molecule has 1 aromatic heterocycles. The summed E-state index contributed by atoms with van der Waals surface area (Å²) >= 11 is 0. The first kappa shape index (κ1) is 21.3. The van der Waals surface area contributed by atoms with Crippen molar-refractivity contribution in [3.8, 4) is 5.75 Å². The SMILES string of the molecule is O=C(CN1C[C@@H](C(=O)N2CCOCC2)Oc2ccccc21)NCCc1c[nH]c2ccccc12. The van der Waals surface area contributed by atoms with Crippen molar-refractivity contribution in [1.29, 1.82) is 0 Å². The van der Waals surface area contributed by atoms with Gasteiger partial charge >= 0.3 is 0 Å². The molecule has 2 amide bonds. The van der Waals surface area contributed by atoms with Gasteiger partial charge in [-0.2, -0.15) is 0 Å². The summed E-state index contributed by atoms with van der Waals surface area (Å²) in [6, 6.07) is 15.7. The number of hydrogen-bond donors (Lipinski definition) is 2. The Hall–Kier alpha value is -3.52. The molecule has 8 nitrogen and oxygen atoms in total. The van der Waals surface area contributed by atoms with Gasteiger partial charge in [0.15, 0.2) is 6.10 Å². The Bertz CT molecular complexity index is 1140. The third-order valence-corrected chi connectivity index (χ3v) is 6.19. The molecule has 0 radical (unpaired) electrons. The van der Waals surface area contributed by atoms with Crippen molar-refractivity contribution in [2.75, 3.05) is 50.8 Å². The van der Waals surface area contributed by atoms with Gasteiger partial charge in [0.25, 0.3) is 5.91 Å². The van der Waals surface area contributed by atoms with Crippen molar-refractivity contribution in [1.82, 2.24) is 15.2 Å². The molecule has 2 aromatic carbocycles. The largest absolute Gasteiger partial charge is 0.477 e. The maximum atomic E-state index is 13.0. The number of morpholine rings is 1. The minimum absolute atomic E-state index is 0.0578. The van der Waals surface area contributed by atoms with Gasteiger partial charge in [-0.1, -0.05) is 30.3 Å². The maximum Gasteiger partial charge on any atom is 0.265 e. The van der Waals surface area contributed by atoms with Gasteiger partial charge in [0.05, 0.1) is 32.0 Å². The molecule has 172 valence electrons. The fourth-order valence-corrected chi connectivity index (χ4v) is 4.48. The van der Waals surface area contributed by atoms with E-state index in [1.807, 2.05) is 53.6 Å². The molecule has 0 spiro atoms. The highest BCUT2D eigenvalue weighted by atomic mass is 16.5. The maximum absolute atomic E-state index is 13.0. The van der Waals surface area contributed by atoms with E-state index in [1.165, 1.54) is 10.9 Å². The number of para-hydroxylation sites is 3. The van der Waals surface area contributed by atoms with E-state index in [4.69, 9.17) is 9.47 Å². The number of amides is 2. The monoisotopic (exact) mass is 448 g/mol. The molecule has 3 aromatic rings. The lowest BCUT2D eigenvalue weighted by atomic mass is 10.1. The number of aromatic amines is 1. The highest BCUT2D eigenvalue weighted by Crippen LogP contribution is 2.33. The number of aromatic nitrogens is 1. The number of H-pyrrole nitrogens is 1. The molecule has 0 unspecified atom stereocenters. The van der Waals surface area contributed by atoms with Gasteiger partial charge in [0, 0.05) is 36.7 Å². The molecule has 3 heterocycles. The molecule has 2 aliphatic heterocycles. The summed E-state index contributed by atoms with van der Waals surface area (Å²) in [6.07, 6.45) is 2.10. The second-order valence-electron chi connectivity index (χ2n) is 8.35. The summed E-state index contributed by atoms with van der Waals surface area (Å²) in [5, 5.41) is 4.20. The van der Waals surface area contributed by atoms with E-state index >= 15 is 0 Å². The normalized spacial score (nSPS) is 18.0. The first-order chi connectivity index (χ1) is 16.2. The van der Waals surface area contributed by atoms with Crippen molar-refractivity contribution in [2.24, 2.45) is 0 Å². The summed E-state index contributed by atoms with van der Waals surface area (Å²) in [5.41, 5.74) is 3.11. The van der Waals surface area contributed by atoms with E-state index in [2.05, 4.69) is 16.4 Å². The Kier molecular flexibility index (Phi) is 6.17. The molecular weight excluding hydrogens is 420 g/mol. The summed E-state index contributed by atoms with van der Waals surface area (Å²) in [5.74, 6) is 0.489. The third-order valence-electron chi connectivity index (χ3n) is 6.19. The summed E-state index contributed by atoms with van der Waals surface area (Å²) in [7, 11) is 0. The standard InChI is InChI=1S/C25H28N4O4/c30-24(26-10-9-18-15-27-20-6-2-1-5-19(18)20)17-29-16-23(25(31)28-11-13-32-14-12-28)33-22-8-4-3-7-21(22)29/h1-8,15,23,27H,9-14,16-17H2,(H,26,30)/t23-/m0/s1. The number of rotatable bonds is 6. The van der Waals surface area contributed by atoms with E-state index in [0.29, 0.717) is 45.1 Å². The average Bonchev–Trinajstić information content (AvgIpc) is 3.27. The second-order valence-corrected chi connectivity index (χ2v) is 8.35. The lowest BCUT2D eigenvalue weighted by Crippen LogP contribution is -2.54. The van der Waals surface area contributed by atoms with Gasteiger partial charge in [0.2, 0.25) is 5.91 Å². The minimum atomic E-state index is -0.642. The zero-order valence-electron chi connectivity index (χ0n) is 18.5. The number of fused-ring (bicyclic) bond motifs is 2. The van der Waals surface area contributed by atoms with Crippen LogP contribution in [0.4, 0.5) is 5.69 Å². The van der Waals surface area contributed by atoms with E-state index in [1.54, 1.807) is 4.90 Å². The van der Waals surface area contributed by atoms with Crippen molar-refractivity contribution in [3.05, 3.63) is 60.3 Å². The Morgan fingerprint density at radius 1 is 1.06 bits per heavy atom. The van der Waals surface area contributed by atoms with Gasteiger partial charge < -0.3 is 29.6 Å². The molecule has 5 rings (SSSR count). The van der Waals surface area contributed by atoms with Gasteiger partial charge in [-0.25, -0.2) is 0 Å². The average molecular weight is 449 g/mol. The Morgan fingerprint density at radius 2 is 1.85 bits per heavy atom. The summed E-state index contributed by atoms with van der Waals surface area (Å²) in [4.78, 5) is 32.8. The van der Waals surface area contributed by atoms with Gasteiger partial charge in [0.1, 0.15) is 5.75 Å². The van der Waals surface area contributed by atoms with Crippen LogP contribution >= 0.6 is 0 Å². The number of carbonyl (C=O) groups excluding carboxylic acids is 2. The van der Waals surface area contributed by atoms with Crippen LogP contribution in [0.3, 0.4) is 0 Å². The molecule has 1 atom stereocenters. The smallest absolute Gasteiger partial charge is 0.265 e. The number of ether oxygens (including phenoxy) is 2. The number of benzene rings is 2. The fourth-order valence-electron chi connectivity index (χ4n) is 4.48. The predicted molar refractivity (Wildman–Crippen MR) is 125 cm³/mol. The van der Waals surface area contributed by atoms with Crippen molar-refractivity contribution in [3.63, 3.8) is 0 Å². The molecule has 1 fully saturated rings. The van der Waals surface area contributed by atoms with Crippen LogP contribution in [-0.2, 0) is 20.7 Å². The van der Waals surface area contributed by atoms with E-state index < -0.39 is 6.10 Å². The molecule has 8 heteroatoms. The molecule has 0 bridgehead atoms. The lowest BCUT2D eigenvalue weighted by molar-refractivity contribution is -0.142. The number of nitrogens with zero attached hydrogens (tertiary/aromatic N) is 2. The van der Waals surface area contributed by atoms with Crippen LogP contribution in [-0.4, -0.2) is 73.7 Å². The number of carbonyl (C=O) groups is 2. The predicted octanol–water partition coefficient (Wildman–Crippen LogP) is 1.95. The van der Waals surface area contributed by atoms with Crippen molar-refractivity contribution in [2.45, 2.75) is 12.5 Å². The van der Waals surface area contributed by atoms with Crippen LogP contribution in [0, 0.1) is 0 Å². The van der Waals surface area contributed by atoms with E-state index in [-0.39, 0.29) is 18.4 Å². The van der Waals surface area contributed by atoms with Crippen LogP contribution in [0.1, 0.15) is 5.56 Å². The van der Waals surface area contributed by atoms with Crippen LogP contribution in [0.5, 0.6) is 5.75 Å². The second kappa shape index (κ2) is 9.54. The van der Waals surface area contributed by atoms with Gasteiger partial charge in [-0.15, -0.1) is 0 Å². The Balaban J connectivity index is 1.21. The Labute approximate surface area is 192 Å². The fraction of sp³-hybridized carbons (Fsp3) is 0.360. The third kappa shape index (κ3) is 4.66. The summed E-state index contributed by atoms with van der Waals surface area (Å²) < 4.78 is 11.4. The van der Waals surface area contributed by atoms with Crippen LogP contribution in [0.15, 0.2) is 54.7 Å². The molecule has 2 aliphatic rings. The lowest BCUT2D eigenvalue weighted by Gasteiger charge is -2.38. The molecular formula is C25H28N4O4. The molecule has 0 aliphatic carbocycles. The van der Waals surface area contributed by atoms with Crippen molar-refractivity contribution < 1.29 is 19.1 Å². The van der Waals surface area contributed by atoms with Gasteiger partial charge in [-0.3, -0.25) is 9.59 Å². The first-order valence-corrected chi connectivity index (χ1v) is 11.4. The number of nitrogens with one attached hydrogen (secondary N) is 2. The summed E-state index contributed by atoms with van der Waals surface area (Å²) in [6.45, 7) is 3.26. The number of hydrogen-bond acceptors (Lipinski definition) is 5. The quantitative estimate of drug-likeness (QED) is 0.602. The zero-order valence-corrected chi connectivity index (χ0v) is 18.5. The number of anilines is 1. The van der Waals surface area contributed by atoms with E-state index in [0.717, 1.165) is 17.6 Å². The highest BCUT2D eigenvalue weighted by molar-refractivity contribution is 5.86. The first-order valence-electron chi connectivity index (χ1n) is 11.4. The zero-order chi connectivity index (χ0) is 22.6. The molecule has 33 heavy (non-hydrogen) atoms. The van der Waals surface area contributed by atoms with Crippen LogP contribution in [0.25, 0.3) is 10.9 Å². The Morgan fingerprint density at radius 3 is 2.73 bits per heavy atom. The molecule has 0 saturated carbocycles. The molecule has 2 N–H and O–H groups in total. The highest BCUT2D eigenvalue weighted by Gasteiger charge is 2.34. The van der Waals surface area contributed by atoms with E-state index in [9.17, 15) is 9.59 Å². The topological polar surface area (TPSA) is 86.9 Å². The van der Waals surface area contributed by atoms with Crippen molar-refractivity contribution >= 4 is 28.4 Å². The minimum Gasteiger partial charge on any atom is -0.477 e. The van der Waals surface area contributed by atoms with Crippen LogP contribution in [0.2, 0.25) is 0 Å². The van der Waals surface area contributed by atoms with Gasteiger partial charge in [-0.05, 0) is 30.2 Å². The van der Waals surface area contributed by atoms with Crippen LogP contribution < -0.4 is 15.0 Å².